The van der Waals surface area contributed by atoms with Crippen LogP contribution in [0, 0.1) is 23.4 Å². The van der Waals surface area contributed by atoms with Gasteiger partial charge < -0.3 is 15.5 Å². The van der Waals surface area contributed by atoms with Crippen molar-refractivity contribution in [2.45, 2.75) is 44.8 Å². The third kappa shape index (κ3) is 5.56. The predicted molar refractivity (Wildman–Crippen MR) is 137 cm³/mol. The molecule has 5 nitrogen and oxygen atoms in total. The van der Waals surface area contributed by atoms with Gasteiger partial charge in [-0.15, -0.1) is 0 Å². The van der Waals surface area contributed by atoms with Crippen LogP contribution in [0.2, 0.25) is 0 Å². The van der Waals surface area contributed by atoms with Crippen molar-refractivity contribution < 1.29 is 17.6 Å². The zero-order valence-electron chi connectivity index (χ0n) is 20.8. The van der Waals surface area contributed by atoms with Crippen LogP contribution in [0.3, 0.4) is 0 Å². The normalized spacial score (nSPS) is 22.1. The molecule has 2 aromatic heterocycles. The van der Waals surface area contributed by atoms with Gasteiger partial charge in [0, 0.05) is 61.7 Å². The smallest absolute Gasteiger partial charge is 0.149 e. The van der Waals surface area contributed by atoms with Crippen LogP contribution in [0.4, 0.5) is 28.9 Å². The first kappa shape index (κ1) is 25.4. The van der Waals surface area contributed by atoms with Gasteiger partial charge in [-0.25, -0.2) is 22.5 Å². The fraction of sp³-hybridized carbons (Fsp3) is 0.429. The molecule has 0 bridgehead atoms. The van der Waals surface area contributed by atoms with Gasteiger partial charge in [-0.1, -0.05) is 6.92 Å². The lowest BCUT2D eigenvalue weighted by molar-refractivity contribution is 0.364. The zero-order chi connectivity index (χ0) is 26.1. The van der Waals surface area contributed by atoms with Gasteiger partial charge in [-0.2, -0.15) is 0 Å². The number of nitrogens with zero attached hydrogens (tertiary/aromatic N) is 4. The molecular formula is C28H31F4N5. The molecule has 0 spiro atoms. The van der Waals surface area contributed by atoms with E-state index in [9.17, 15) is 8.78 Å². The van der Waals surface area contributed by atoms with Crippen molar-refractivity contribution in [1.82, 2.24) is 9.97 Å². The van der Waals surface area contributed by atoms with E-state index in [0.29, 0.717) is 37.4 Å². The SMILES string of the molecule is C[C@@H]1C[C@H](N)CN(c2ccncc2CCc2ccc(F)c(-c3c(F)cc(N4CC[C@@H](F)C4)cc3F)n2)C1. The number of anilines is 2. The lowest BCUT2D eigenvalue weighted by atomic mass is 9.95. The molecule has 2 fully saturated rings. The number of pyridine rings is 2. The summed E-state index contributed by atoms with van der Waals surface area (Å²) in [6, 6.07) is 7.04. The molecule has 3 atom stereocenters. The van der Waals surface area contributed by atoms with Gasteiger partial charge in [-0.05, 0) is 67.5 Å². The fourth-order valence-electron chi connectivity index (χ4n) is 5.50. The topological polar surface area (TPSA) is 58.3 Å². The van der Waals surface area contributed by atoms with Gasteiger partial charge in [0.15, 0.2) is 0 Å². The maximum Gasteiger partial charge on any atom is 0.149 e. The Balaban J connectivity index is 1.37. The molecule has 3 aromatic rings. The van der Waals surface area contributed by atoms with Crippen LogP contribution >= 0.6 is 0 Å². The number of piperidine rings is 1. The zero-order valence-corrected chi connectivity index (χ0v) is 20.8. The Bertz CT molecular complexity index is 1240. The highest BCUT2D eigenvalue weighted by Crippen LogP contribution is 2.33. The lowest BCUT2D eigenvalue weighted by Gasteiger charge is -2.37. The summed E-state index contributed by atoms with van der Waals surface area (Å²) in [5, 5.41) is 0. The minimum Gasteiger partial charge on any atom is -0.369 e. The lowest BCUT2D eigenvalue weighted by Crippen LogP contribution is -2.46. The summed E-state index contributed by atoms with van der Waals surface area (Å²) < 4.78 is 58.4. The standard InChI is InChI=1S/C28H31F4N5/c1-17-10-20(33)16-37(14-17)26-6-8-34-13-18(26)2-3-21-4-5-23(30)28(35-21)27-24(31)11-22(12-25(27)32)36-9-7-19(29)15-36/h4-6,8,11-13,17,19-20H,2-3,7,9-10,14-16,33H2,1H3/t17-,19-,20+/m1/s1. The number of aromatic nitrogens is 2. The summed E-state index contributed by atoms with van der Waals surface area (Å²) in [5.74, 6) is -2.18. The molecule has 196 valence electrons. The van der Waals surface area contributed by atoms with Crippen molar-refractivity contribution in [2.75, 3.05) is 36.0 Å². The number of benzene rings is 1. The second-order valence-corrected chi connectivity index (χ2v) is 10.3. The summed E-state index contributed by atoms with van der Waals surface area (Å²) in [5.41, 5.74) is 8.18. The van der Waals surface area contributed by atoms with Gasteiger partial charge >= 0.3 is 0 Å². The van der Waals surface area contributed by atoms with Crippen molar-refractivity contribution in [2.24, 2.45) is 11.7 Å². The van der Waals surface area contributed by atoms with Crippen molar-refractivity contribution in [3.05, 3.63) is 71.4 Å². The summed E-state index contributed by atoms with van der Waals surface area (Å²) in [7, 11) is 0. The van der Waals surface area contributed by atoms with Crippen molar-refractivity contribution in [1.29, 1.82) is 0 Å². The molecule has 5 rings (SSSR count). The van der Waals surface area contributed by atoms with Crippen LogP contribution in [0.25, 0.3) is 11.3 Å². The molecule has 2 N–H and O–H groups in total. The van der Waals surface area contributed by atoms with E-state index in [2.05, 4.69) is 21.8 Å². The van der Waals surface area contributed by atoms with Crippen LogP contribution in [-0.4, -0.2) is 48.4 Å². The molecule has 0 amide bonds. The van der Waals surface area contributed by atoms with E-state index < -0.39 is 29.2 Å². The second-order valence-electron chi connectivity index (χ2n) is 10.3. The molecule has 2 aliphatic heterocycles. The Labute approximate surface area is 214 Å². The monoisotopic (exact) mass is 513 g/mol. The molecule has 37 heavy (non-hydrogen) atoms. The molecular weight excluding hydrogens is 482 g/mol. The Hall–Kier alpha value is -3.20. The highest BCUT2D eigenvalue weighted by molar-refractivity contribution is 5.66. The maximum atomic E-state index is 15.0. The largest absolute Gasteiger partial charge is 0.369 e. The predicted octanol–water partition coefficient (Wildman–Crippen LogP) is 5.07. The van der Waals surface area contributed by atoms with Crippen molar-refractivity contribution in [3.8, 4) is 11.3 Å². The van der Waals surface area contributed by atoms with Gasteiger partial charge in [-0.3, -0.25) is 4.98 Å². The third-order valence-corrected chi connectivity index (χ3v) is 7.22. The van der Waals surface area contributed by atoms with Gasteiger partial charge in [0.25, 0.3) is 0 Å². The van der Waals surface area contributed by atoms with Crippen LogP contribution in [0.1, 0.15) is 31.0 Å². The minimum atomic E-state index is -1.03. The fourth-order valence-corrected chi connectivity index (χ4v) is 5.50. The highest BCUT2D eigenvalue weighted by atomic mass is 19.1. The number of rotatable bonds is 6. The number of hydrogen-bond donors (Lipinski definition) is 1. The van der Waals surface area contributed by atoms with E-state index in [1.54, 1.807) is 11.1 Å². The summed E-state index contributed by atoms with van der Waals surface area (Å²) >= 11 is 0. The Morgan fingerprint density at radius 3 is 2.46 bits per heavy atom. The molecule has 1 aromatic carbocycles. The second kappa shape index (κ2) is 10.7. The summed E-state index contributed by atoms with van der Waals surface area (Å²) in [6.45, 7) is 4.31. The van der Waals surface area contributed by atoms with E-state index in [-0.39, 0.29) is 24.0 Å². The van der Waals surface area contributed by atoms with Crippen LogP contribution in [-0.2, 0) is 12.8 Å². The van der Waals surface area contributed by atoms with Crippen molar-refractivity contribution in [3.63, 3.8) is 0 Å². The van der Waals surface area contributed by atoms with Crippen LogP contribution in [0.15, 0.2) is 42.7 Å². The number of nitrogens with two attached hydrogens (primary N) is 1. The molecule has 9 heteroatoms. The average molecular weight is 514 g/mol. The van der Waals surface area contributed by atoms with Crippen molar-refractivity contribution >= 4 is 11.4 Å². The Kier molecular flexibility index (Phi) is 7.33. The van der Waals surface area contributed by atoms with E-state index in [1.165, 1.54) is 12.1 Å². The third-order valence-electron chi connectivity index (χ3n) is 7.22. The first-order valence-electron chi connectivity index (χ1n) is 12.8. The molecule has 4 heterocycles. The molecule has 0 aliphatic carbocycles. The molecule has 0 radical (unpaired) electrons. The van der Waals surface area contributed by atoms with Gasteiger partial charge in [0.2, 0.25) is 0 Å². The van der Waals surface area contributed by atoms with Gasteiger partial charge in [0.05, 0.1) is 5.56 Å². The number of hydrogen-bond acceptors (Lipinski definition) is 5. The van der Waals surface area contributed by atoms with E-state index in [4.69, 9.17) is 5.73 Å². The molecule has 0 saturated carbocycles. The van der Waals surface area contributed by atoms with E-state index >= 15 is 8.78 Å². The van der Waals surface area contributed by atoms with Crippen LogP contribution < -0.4 is 15.5 Å². The number of alkyl halides is 1. The summed E-state index contributed by atoms with van der Waals surface area (Å²) in [4.78, 5) is 12.4. The first-order chi connectivity index (χ1) is 17.8. The van der Waals surface area contributed by atoms with Gasteiger partial charge in [0.1, 0.15) is 29.3 Å². The van der Waals surface area contributed by atoms with E-state index in [0.717, 1.165) is 42.9 Å². The summed E-state index contributed by atoms with van der Waals surface area (Å²) in [6.07, 6.45) is 4.84. The minimum absolute atomic E-state index is 0.0823. The maximum absolute atomic E-state index is 15.0. The Morgan fingerprint density at radius 2 is 1.76 bits per heavy atom. The quantitative estimate of drug-likeness (QED) is 0.467. The Morgan fingerprint density at radius 1 is 0.973 bits per heavy atom. The highest BCUT2D eigenvalue weighted by Gasteiger charge is 2.26. The average Bonchev–Trinajstić information content (AvgIpc) is 3.30. The van der Waals surface area contributed by atoms with Crippen LogP contribution in [0.5, 0.6) is 0 Å². The number of aryl methyl sites for hydroxylation is 2. The molecule has 2 aliphatic rings. The molecule has 2 saturated heterocycles. The molecule has 0 unspecified atom stereocenters. The van der Waals surface area contributed by atoms with E-state index in [1.807, 2.05) is 12.3 Å². The number of halogens is 4. The first-order valence-corrected chi connectivity index (χ1v) is 12.8.